The number of carbonyl (C=O) groups is 2. The van der Waals surface area contributed by atoms with Crippen LogP contribution in [0, 0.1) is 13.8 Å². The molecule has 4 rings (SSSR count). The van der Waals surface area contributed by atoms with Crippen molar-refractivity contribution in [3.63, 3.8) is 0 Å². The van der Waals surface area contributed by atoms with E-state index >= 15 is 0 Å². The molecular formula is C37H48N6O4S2. The molecule has 1 amide bonds. The molecule has 0 aliphatic heterocycles. The lowest BCUT2D eigenvalue weighted by atomic mass is 9.94. The van der Waals surface area contributed by atoms with Crippen LogP contribution in [0.5, 0.6) is 11.5 Å². The van der Waals surface area contributed by atoms with Crippen LogP contribution in [-0.4, -0.2) is 80.5 Å². The van der Waals surface area contributed by atoms with Crippen molar-refractivity contribution in [2.24, 2.45) is 0 Å². The molecule has 2 aromatic carbocycles. The zero-order chi connectivity index (χ0) is 35.6. The Morgan fingerprint density at radius 1 is 0.796 bits per heavy atom. The number of hydrogen-bond acceptors (Lipinski definition) is 11. The highest BCUT2D eigenvalue weighted by molar-refractivity contribution is 7.98. The second-order valence-electron chi connectivity index (χ2n) is 10.9. The number of thioether (sulfide) groups is 2. The number of carbonyl (C=O) groups excluding carboxylic acids is 2. The first-order valence-corrected chi connectivity index (χ1v) is 18.7. The Morgan fingerprint density at radius 2 is 1.33 bits per heavy atom. The van der Waals surface area contributed by atoms with Crippen LogP contribution in [-0.2, 0) is 13.1 Å². The molecule has 0 atom stereocenters. The number of anilines is 2. The molecule has 0 radical (unpaired) electrons. The number of aldehydes is 1. The molecule has 0 unspecified atom stereocenters. The van der Waals surface area contributed by atoms with E-state index in [-0.39, 0.29) is 5.91 Å². The summed E-state index contributed by atoms with van der Waals surface area (Å²) in [5.41, 5.74) is 8.83. The standard InChI is InChI=1S/C26H32N4O2S.C11H16N2O2S/c1-17-20(8-6-10-22(17)27-3)21-9-7-11-23(18(21)2)30-26(31)24-14-25(32-4)19(16-29-24)15-28-12-13-33-5;1-15-11-5-10(8-14)13-7-9(11)6-12-3-4-16-2/h6-11,14,16,27-28H,12-13,15H2,1-5H3,(H,30,31);5,7-8,12H,3-4,6H2,1-2H3. The predicted octanol–water partition coefficient (Wildman–Crippen LogP) is 6.48. The van der Waals surface area contributed by atoms with E-state index in [0.717, 1.165) is 63.8 Å². The maximum absolute atomic E-state index is 13.0. The summed E-state index contributed by atoms with van der Waals surface area (Å²) in [6, 6.07) is 15.5. The summed E-state index contributed by atoms with van der Waals surface area (Å²) in [6.45, 7) is 7.31. The van der Waals surface area contributed by atoms with Gasteiger partial charge in [-0.05, 0) is 60.7 Å². The van der Waals surface area contributed by atoms with Gasteiger partial charge in [0.15, 0.2) is 6.29 Å². The smallest absolute Gasteiger partial charge is 0.274 e. The fourth-order valence-corrected chi connectivity index (χ4v) is 5.72. The molecule has 10 nitrogen and oxygen atoms in total. The Bertz CT molecular complexity index is 1670. The minimum absolute atomic E-state index is 0.267. The van der Waals surface area contributed by atoms with Crippen LogP contribution in [0.2, 0.25) is 0 Å². The Hall–Kier alpha value is -4.10. The summed E-state index contributed by atoms with van der Waals surface area (Å²) in [7, 11) is 5.12. The Morgan fingerprint density at radius 3 is 1.86 bits per heavy atom. The Labute approximate surface area is 299 Å². The fourth-order valence-electron chi connectivity index (χ4n) is 5.02. The van der Waals surface area contributed by atoms with Crippen LogP contribution in [0.1, 0.15) is 43.2 Å². The van der Waals surface area contributed by atoms with E-state index in [1.807, 2.05) is 32.2 Å². The van der Waals surface area contributed by atoms with Crippen LogP contribution < -0.4 is 30.7 Å². The molecule has 4 N–H and O–H groups in total. The number of nitrogens with zero attached hydrogens (tertiary/aromatic N) is 2. The number of benzene rings is 2. The molecule has 262 valence electrons. The van der Waals surface area contributed by atoms with Gasteiger partial charge in [-0.25, -0.2) is 0 Å². The number of hydrogen-bond donors (Lipinski definition) is 4. The van der Waals surface area contributed by atoms with Crippen molar-refractivity contribution in [1.82, 2.24) is 20.6 Å². The van der Waals surface area contributed by atoms with Crippen molar-refractivity contribution in [3.8, 4) is 22.6 Å². The van der Waals surface area contributed by atoms with Gasteiger partial charge in [0, 0.05) is 91.8 Å². The Kier molecular flexibility index (Phi) is 16.9. The van der Waals surface area contributed by atoms with E-state index in [9.17, 15) is 9.59 Å². The number of methoxy groups -OCH3 is 2. The first kappa shape index (κ1) is 39.3. The first-order chi connectivity index (χ1) is 23.8. The quantitative estimate of drug-likeness (QED) is 0.0713. The molecule has 0 aliphatic carbocycles. The van der Waals surface area contributed by atoms with Gasteiger partial charge in [0.1, 0.15) is 22.9 Å². The molecule has 49 heavy (non-hydrogen) atoms. The lowest BCUT2D eigenvalue weighted by Gasteiger charge is -2.16. The number of nitrogens with one attached hydrogen (secondary N) is 4. The van der Waals surface area contributed by atoms with Gasteiger partial charge in [0.2, 0.25) is 0 Å². The Balaban J connectivity index is 0.000000341. The second kappa shape index (κ2) is 21.1. The van der Waals surface area contributed by atoms with Crippen molar-refractivity contribution in [3.05, 3.63) is 94.6 Å². The molecule has 12 heteroatoms. The van der Waals surface area contributed by atoms with Gasteiger partial charge < -0.3 is 30.7 Å². The first-order valence-electron chi connectivity index (χ1n) is 15.9. The summed E-state index contributed by atoms with van der Waals surface area (Å²) in [5, 5.41) is 12.9. The van der Waals surface area contributed by atoms with Gasteiger partial charge in [-0.2, -0.15) is 23.5 Å². The van der Waals surface area contributed by atoms with E-state index in [4.69, 9.17) is 9.47 Å². The minimum Gasteiger partial charge on any atom is -0.496 e. The van der Waals surface area contributed by atoms with Crippen molar-refractivity contribution >= 4 is 47.1 Å². The van der Waals surface area contributed by atoms with Gasteiger partial charge in [0.05, 0.1) is 14.2 Å². The molecule has 0 saturated carbocycles. The lowest BCUT2D eigenvalue weighted by Crippen LogP contribution is -2.18. The maximum Gasteiger partial charge on any atom is 0.274 e. The summed E-state index contributed by atoms with van der Waals surface area (Å²) in [4.78, 5) is 31.9. The largest absolute Gasteiger partial charge is 0.496 e. The van der Waals surface area contributed by atoms with Crippen molar-refractivity contribution in [2.75, 3.05) is 69.0 Å². The topological polar surface area (TPSA) is 127 Å². The van der Waals surface area contributed by atoms with E-state index in [1.165, 1.54) is 5.56 Å². The number of rotatable bonds is 17. The van der Waals surface area contributed by atoms with Gasteiger partial charge in [-0.3, -0.25) is 19.6 Å². The predicted molar refractivity (Wildman–Crippen MR) is 206 cm³/mol. The number of pyridine rings is 2. The lowest BCUT2D eigenvalue weighted by molar-refractivity contribution is 0.102. The van der Waals surface area contributed by atoms with Crippen molar-refractivity contribution in [1.29, 1.82) is 0 Å². The van der Waals surface area contributed by atoms with E-state index in [0.29, 0.717) is 42.3 Å². The van der Waals surface area contributed by atoms with Crippen molar-refractivity contribution in [2.45, 2.75) is 26.9 Å². The second-order valence-corrected chi connectivity index (χ2v) is 12.9. The van der Waals surface area contributed by atoms with E-state index in [2.05, 4.69) is 68.9 Å². The average Bonchev–Trinajstić information content (AvgIpc) is 3.13. The number of ether oxygens (including phenoxy) is 2. The third-order valence-corrected chi connectivity index (χ3v) is 9.00. The van der Waals surface area contributed by atoms with Gasteiger partial charge >= 0.3 is 0 Å². The zero-order valence-electron chi connectivity index (χ0n) is 29.4. The fraction of sp³-hybridized carbons (Fsp3) is 0.351. The van der Waals surface area contributed by atoms with Crippen LogP contribution >= 0.6 is 23.5 Å². The van der Waals surface area contributed by atoms with E-state index < -0.39 is 0 Å². The SMILES string of the molecule is CNc1cccc(-c2cccc(NC(=O)c3cc(OC)c(CNCCSC)cn3)c2C)c1C.COc1cc(C=O)ncc1CNCCSC. The third-order valence-electron chi connectivity index (χ3n) is 7.77. The summed E-state index contributed by atoms with van der Waals surface area (Å²) >= 11 is 3.59. The zero-order valence-corrected chi connectivity index (χ0v) is 31.1. The molecule has 2 heterocycles. The maximum atomic E-state index is 13.0. The highest BCUT2D eigenvalue weighted by Gasteiger charge is 2.16. The molecular weight excluding hydrogens is 657 g/mol. The van der Waals surface area contributed by atoms with Gasteiger partial charge in [-0.1, -0.05) is 24.3 Å². The van der Waals surface area contributed by atoms with E-state index in [1.54, 1.807) is 62.3 Å². The minimum atomic E-state index is -0.267. The average molecular weight is 705 g/mol. The summed E-state index contributed by atoms with van der Waals surface area (Å²) in [6.07, 6.45) is 8.25. The highest BCUT2D eigenvalue weighted by atomic mass is 32.2. The molecule has 0 bridgehead atoms. The number of amides is 1. The molecule has 4 aromatic rings. The van der Waals surface area contributed by atoms with Crippen LogP contribution in [0.3, 0.4) is 0 Å². The monoisotopic (exact) mass is 704 g/mol. The van der Waals surface area contributed by atoms with Crippen LogP contribution in [0.15, 0.2) is 60.9 Å². The van der Waals surface area contributed by atoms with Crippen LogP contribution in [0.4, 0.5) is 11.4 Å². The van der Waals surface area contributed by atoms with Gasteiger partial charge in [-0.15, -0.1) is 0 Å². The molecule has 0 aliphatic rings. The normalized spacial score (nSPS) is 10.5. The summed E-state index contributed by atoms with van der Waals surface area (Å²) < 4.78 is 10.7. The van der Waals surface area contributed by atoms with Crippen molar-refractivity contribution < 1.29 is 19.1 Å². The molecule has 0 fully saturated rings. The highest BCUT2D eigenvalue weighted by Crippen LogP contribution is 2.34. The summed E-state index contributed by atoms with van der Waals surface area (Å²) in [5.74, 6) is 3.19. The molecule has 2 aromatic heterocycles. The molecule has 0 spiro atoms. The number of aromatic nitrogens is 2. The molecule has 0 saturated heterocycles. The van der Waals surface area contributed by atoms with Crippen LogP contribution in [0.25, 0.3) is 11.1 Å². The van der Waals surface area contributed by atoms with Gasteiger partial charge in [0.25, 0.3) is 5.91 Å². The third kappa shape index (κ3) is 11.5.